The van der Waals surface area contributed by atoms with Crippen LogP contribution in [-0.2, 0) is 17.8 Å². The minimum Gasteiger partial charge on any atom is -0.508 e. The number of aliphatic hydroxyl groups excluding tert-OH is 2. The van der Waals surface area contributed by atoms with E-state index in [0.717, 1.165) is 29.0 Å². The lowest BCUT2D eigenvalue weighted by molar-refractivity contribution is -0.0205. The van der Waals surface area contributed by atoms with Crippen LogP contribution >= 0.6 is 0 Å². The van der Waals surface area contributed by atoms with Crippen LogP contribution in [0.2, 0.25) is 0 Å². The van der Waals surface area contributed by atoms with Crippen LogP contribution in [0.25, 0.3) is 0 Å². The number of aliphatic hydroxyl groups is 2. The van der Waals surface area contributed by atoms with Gasteiger partial charge >= 0.3 is 0 Å². The standard InChI is InChI=1S/C28H33NO6/c1-19(21-5-3-2-4-6-21)33-17-24-18-34-27-10-7-20(13-28(27)35-24)11-12-29-15-26(32)22-8-9-25(31)23(14-22)16-30/h2-10,13-14,19,24,26,29-32H,11-12,15-18H2,1H3. The van der Waals surface area contributed by atoms with E-state index in [4.69, 9.17) is 14.2 Å². The molecule has 1 heterocycles. The number of aromatic hydroxyl groups is 1. The van der Waals surface area contributed by atoms with E-state index in [1.807, 2.05) is 43.3 Å². The summed E-state index contributed by atoms with van der Waals surface area (Å²) in [5.74, 6) is 1.47. The maximum atomic E-state index is 10.4. The van der Waals surface area contributed by atoms with Gasteiger partial charge in [-0.05, 0) is 60.8 Å². The highest BCUT2D eigenvalue weighted by Gasteiger charge is 2.22. The minimum atomic E-state index is -0.736. The van der Waals surface area contributed by atoms with Crippen LogP contribution in [0, 0.1) is 0 Å². The summed E-state index contributed by atoms with van der Waals surface area (Å²) in [4.78, 5) is 0. The van der Waals surface area contributed by atoms with Gasteiger partial charge in [-0.15, -0.1) is 0 Å². The fraction of sp³-hybridized carbons (Fsp3) is 0.357. The molecule has 0 aromatic heterocycles. The van der Waals surface area contributed by atoms with E-state index in [1.165, 1.54) is 6.07 Å². The Morgan fingerprint density at radius 2 is 1.86 bits per heavy atom. The van der Waals surface area contributed by atoms with Crippen molar-refractivity contribution < 1.29 is 29.5 Å². The average molecular weight is 480 g/mol. The van der Waals surface area contributed by atoms with Gasteiger partial charge in [0.05, 0.1) is 25.4 Å². The number of ether oxygens (including phenoxy) is 3. The monoisotopic (exact) mass is 479 g/mol. The summed E-state index contributed by atoms with van der Waals surface area (Å²) >= 11 is 0. The molecule has 7 heteroatoms. The van der Waals surface area contributed by atoms with Gasteiger partial charge in [0.1, 0.15) is 12.4 Å². The highest BCUT2D eigenvalue weighted by atomic mass is 16.6. The quantitative estimate of drug-likeness (QED) is 0.311. The molecule has 0 radical (unpaired) electrons. The van der Waals surface area contributed by atoms with Crippen LogP contribution in [0.5, 0.6) is 17.2 Å². The normalized spacial score (nSPS) is 16.6. The average Bonchev–Trinajstić information content (AvgIpc) is 2.90. The van der Waals surface area contributed by atoms with E-state index < -0.39 is 6.10 Å². The van der Waals surface area contributed by atoms with E-state index in [2.05, 4.69) is 17.4 Å². The first-order valence-electron chi connectivity index (χ1n) is 11.9. The summed E-state index contributed by atoms with van der Waals surface area (Å²) in [6, 6.07) is 20.8. The first-order valence-corrected chi connectivity index (χ1v) is 11.9. The molecular weight excluding hydrogens is 446 g/mol. The Balaban J connectivity index is 1.23. The second-order valence-electron chi connectivity index (χ2n) is 8.73. The maximum absolute atomic E-state index is 10.4. The zero-order valence-corrected chi connectivity index (χ0v) is 19.9. The molecule has 0 aliphatic carbocycles. The van der Waals surface area contributed by atoms with Gasteiger partial charge in [-0.25, -0.2) is 0 Å². The number of benzene rings is 3. The third-order valence-electron chi connectivity index (χ3n) is 6.11. The maximum Gasteiger partial charge on any atom is 0.162 e. The van der Waals surface area contributed by atoms with Crippen molar-refractivity contribution >= 4 is 0 Å². The summed E-state index contributed by atoms with van der Waals surface area (Å²) < 4.78 is 18.0. The number of hydrogen-bond acceptors (Lipinski definition) is 7. The van der Waals surface area contributed by atoms with Crippen LogP contribution in [0.3, 0.4) is 0 Å². The van der Waals surface area contributed by atoms with Gasteiger partial charge < -0.3 is 34.8 Å². The van der Waals surface area contributed by atoms with Crippen LogP contribution in [0.15, 0.2) is 66.7 Å². The van der Waals surface area contributed by atoms with E-state index >= 15 is 0 Å². The van der Waals surface area contributed by atoms with Crippen molar-refractivity contribution in [2.24, 2.45) is 0 Å². The molecule has 35 heavy (non-hydrogen) atoms. The fourth-order valence-corrected chi connectivity index (χ4v) is 4.00. The highest BCUT2D eigenvalue weighted by molar-refractivity contribution is 5.44. The molecule has 3 aromatic carbocycles. The third kappa shape index (κ3) is 6.74. The lowest BCUT2D eigenvalue weighted by Gasteiger charge is -2.28. The molecule has 3 unspecified atom stereocenters. The molecule has 1 aliphatic rings. The number of phenols is 1. The van der Waals surface area contributed by atoms with Gasteiger partial charge in [-0.3, -0.25) is 0 Å². The Morgan fingerprint density at radius 1 is 1.03 bits per heavy atom. The Bertz CT molecular complexity index is 1090. The zero-order valence-electron chi connectivity index (χ0n) is 19.9. The van der Waals surface area contributed by atoms with Crippen LogP contribution in [0.1, 0.15) is 41.4 Å². The SMILES string of the molecule is CC(OCC1COc2ccc(CCNCC(O)c3ccc(O)c(CO)c3)cc2O1)c1ccccc1. The van der Waals surface area contributed by atoms with Crippen molar-refractivity contribution in [3.63, 3.8) is 0 Å². The molecule has 0 saturated carbocycles. The molecule has 3 aromatic rings. The van der Waals surface area contributed by atoms with Crippen molar-refractivity contribution in [1.82, 2.24) is 5.32 Å². The lowest BCUT2D eigenvalue weighted by atomic mass is 10.1. The topological polar surface area (TPSA) is 100 Å². The molecule has 4 N–H and O–H groups in total. The van der Waals surface area contributed by atoms with Crippen LogP contribution < -0.4 is 14.8 Å². The second-order valence-corrected chi connectivity index (χ2v) is 8.73. The Morgan fingerprint density at radius 3 is 2.66 bits per heavy atom. The highest BCUT2D eigenvalue weighted by Crippen LogP contribution is 2.33. The molecule has 3 atom stereocenters. The first kappa shape index (κ1) is 25.0. The number of fused-ring (bicyclic) bond motifs is 1. The number of nitrogens with one attached hydrogen (secondary N) is 1. The van der Waals surface area contributed by atoms with Gasteiger partial charge in [0.2, 0.25) is 0 Å². The number of hydrogen-bond donors (Lipinski definition) is 4. The van der Waals surface area contributed by atoms with Crippen LogP contribution in [0.4, 0.5) is 0 Å². The number of rotatable bonds is 11. The van der Waals surface area contributed by atoms with E-state index in [0.29, 0.717) is 37.4 Å². The van der Waals surface area contributed by atoms with E-state index in [9.17, 15) is 15.3 Å². The molecule has 0 spiro atoms. The largest absolute Gasteiger partial charge is 0.508 e. The predicted molar refractivity (Wildman–Crippen MR) is 133 cm³/mol. The van der Waals surface area contributed by atoms with Gasteiger partial charge in [0, 0.05) is 12.1 Å². The smallest absolute Gasteiger partial charge is 0.162 e. The molecule has 1 aliphatic heterocycles. The molecule has 0 amide bonds. The lowest BCUT2D eigenvalue weighted by Crippen LogP contribution is -2.33. The van der Waals surface area contributed by atoms with E-state index in [-0.39, 0.29) is 24.6 Å². The first-order chi connectivity index (χ1) is 17.0. The fourth-order valence-electron chi connectivity index (χ4n) is 4.00. The molecular formula is C28H33NO6. The van der Waals surface area contributed by atoms with Gasteiger partial charge in [0.25, 0.3) is 0 Å². The summed E-state index contributed by atoms with van der Waals surface area (Å²) in [6.07, 6.45) is -0.176. The summed E-state index contributed by atoms with van der Waals surface area (Å²) in [5, 5.41) is 32.6. The van der Waals surface area contributed by atoms with Gasteiger partial charge in [-0.1, -0.05) is 42.5 Å². The van der Waals surface area contributed by atoms with Gasteiger partial charge in [-0.2, -0.15) is 0 Å². The van der Waals surface area contributed by atoms with Crippen molar-refractivity contribution in [2.75, 3.05) is 26.3 Å². The third-order valence-corrected chi connectivity index (χ3v) is 6.11. The molecule has 0 saturated heterocycles. The zero-order chi connectivity index (χ0) is 24.6. The second kappa shape index (κ2) is 12.0. The molecule has 4 rings (SSSR count). The van der Waals surface area contributed by atoms with E-state index in [1.54, 1.807) is 12.1 Å². The van der Waals surface area contributed by atoms with Crippen LogP contribution in [-0.4, -0.2) is 47.7 Å². The Kier molecular flexibility index (Phi) is 8.60. The molecule has 186 valence electrons. The summed E-state index contributed by atoms with van der Waals surface area (Å²) in [7, 11) is 0. The van der Waals surface area contributed by atoms with Crippen molar-refractivity contribution in [3.05, 3.63) is 89.0 Å². The summed E-state index contributed by atoms with van der Waals surface area (Å²) in [5.41, 5.74) is 3.27. The molecule has 0 fully saturated rings. The van der Waals surface area contributed by atoms with Crippen molar-refractivity contribution in [1.29, 1.82) is 0 Å². The molecule has 7 nitrogen and oxygen atoms in total. The van der Waals surface area contributed by atoms with Crippen molar-refractivity contribution in [2.45, 2.75) is 38.3 Å². The molecule has 0 bridgehead atoms. The Labute approximate surface area is 205 Å². The van der Waals surface area contributed by atoms with Crippen molar-refractivity contribution in [3.8, 4) is 17.2 Å². The predicted octanol–water partition coefficient (Wildman–Crippen LogP) is 3.67. The van der Waals surface area contributed by atoms with Gasteiger partial charge in [0.15, 0.2) is 17.6 Å². The summed E-state index contributed by atoms with van der Waals surface area (Å²) in [6.45, 7) is 3.67. The Hall–Kier alpha value is -3.10. The minimum absolute atomic E-state index is 0.0224.